The standard InChI is InChI=1S/C11H14N2O3S/c1-6(4-14)5-17-10-3-8-9(2-7(10)12)16-11(15)13-8/h2-3,6,14H,4-5,12H2,1H3,(H,13,15). The highest BCUT2D eigenvalue weighted by atomic mass is 32.2. The molecule has 0 saturated heterocycles. The van der Waals surface area contributed by atoms with Crippen LogP contribution in [-0.4, -0.2) is 22.5 Å². The Bertz CT molecular complexity index is 576. The molecule has 0 aliphatic carbocycles. The van der Waals surface area contributed by atoms with Gasteiger partial charge in [-0.1, -0.05) is 6.92 Å². The van der Waals surface area contributed by atoms with Gasteiger partial charge < -0.3 is 15.3 Å². The number of rotatable bonds is 4. The molecule has 0 saturated carbocycles. The zero-order valence-electron chi connectivity index (χ0n) is 9.40. The van der Waals surface area contributed by atoms with Crippen LogP contribution in [0.3, 0.4) is 0 Å². The molecular formula is C11H14N2O3S. The number of H-pyrrole nitrogens is 1. The fraction of sp³-hybridized carbons (Fsp3) is 0.364. The Morgan fingerprint density at radius 1 is 1.59 bits per heavy atom. The van der Waals surface area contributed by atoms with E-state index < -0.39 is 5.76 Å². The van der Waals surface area contributed by atoms with Crippen LogP contribution in [0.1, 0.15) is 6.92 Å². The molecule has 17 heavy (non-hydrogen) atoms. The molecule has 2 aromatic rings. The first kappa shape index (κ1) is 12.1. The SMILES string of the molecule is CC(CO)CSc1cc2[nH]c(=O)oc2cc1N. The lowest BCUT2D eigenvalue weighted by Gasteiger charge is -2.08. The van der Waals surface area contributed by atoms with Gasteiger partial charge in [0.25, 0.3) is 0 Å². The van der Waals surface area contributed by atoms with Crippen LogP contribution in [0.2, 0.25) is 0 Å². The van der Waals surface area contributed by atoms with Gasteiger partial charge in [0.1, 0.15) is 0 Å². The third kappa shape index (κ3) is 2.65. The van der Waals surface area contributed by atoms with Gasteiger partial charge in [0, 0.05) is 29.0 Å². The van der Waals surface area contributed by atoms with Crippen molar-refractivity contribution in [3.63, 3.8) is 0 Å². The number of fused-ring (bicyclic) bond motifs is 1. The predicted molar refractivity (Wildman–Crippen MR) is 68.2 cm³/mol. The number of hydrogen-bond donors (Lipinski definition) is 3. The summed E-state index contributed by atoms with van der Waals surface area (Å²) >= 11 is 1.56. The Balaban J connectivity index is 2.27. The van der Waals surface area contributed by atoms with Gasteiger partial charge in [-0.3, -0.25) is 4.98 Å². The minimum absolute atomic E-state index is 0.150. The topological polar surface area (TPSA) is 92.2 Å². The van der Waals surface area contributed by atoms with Crippen molar-refractivity contribution in [3.8, 4) is 0 Å². The second-order valence-corrected chi connectivity index (χ2v) is 5.06. The smallest absolute Gasteiger partial charge is 0.408 e. The maximum Gasteiger partial charge on any atom is 0.417 e. The summed E-state index contributed by atoms with van der Waals surface area (Å²) in [6, 6.07) is 3.43. The van der Waals surface area contributed by atoms with Crippen molar-refractivity contribution in [2.45, 2.75) is 11.8 Å². The highest BCUT2D eigenvalue weighted by Crippen LogP contribution is 2.30. The van der Waals surface area contributed by atoms with E-state index in [0.717, 1.165) is 10.6 Å². The van der Waals surface area contributed by atoms with Crippen LogP contribution < -0.4 is 11.5 Å². The summed E-state index contributed by atoms with van der Waals surface area (Å²) in [4.78, 5) is 14.5. The minimum Gasteiger partial charge on any atom is -0.408 e. The second-order valence-electron chi connectivity index (χ2n) is 4.00. The molecule has 1 atom stereocenters. The van der Waals surface area contributed by atoms with Crippen LogP contribution in [0.4, 0.5) is 5.69 Å². The zero-order valence-corrected chi connectivity index (χ0v) is 10.2. The molecule has 0 bridgehead atoms. The van der Waals surface area contributed by atoms with Gasteiger partial charge in [0.05, 0.1) is 5.52 Å². The van der Waals surface area contributed by atoms with Crippen molar-refractivity contribution in [3.05, 3.63) is 22.7 Å². The number of aliphatic hydroxyl groups excluding tert-OH is 1. The first-order chi connectivity index (χ1) is 8.10. The van der Waals surface area contributed by atoms with E-state index in [1.165, 1.54) is 0 Å². The van der Waals surface area contributed by atoms with Gasteiger partial charge in [-0.25, -0.2) is 4.79 Å². The second kappa shape index (κ2) is 4.85. The van der Waals surface area contributed by atoms with E-state index >= 15 is 0 Å². The molecule has 5 nitrogen and oxygen atoms in total. The minimum atomic E-state index is -0.481. The van der Waals surface area contributed by atoms with Crippen molar-refractivity contribution >= 4 is 28.5 Å². The Labute approximate surface area is 102 Å². The molecule has 1 heterocycles. The van der Waals surface area contributed by atoms with Gasteiger partial charge in [-0.2, -0.15) is 0 Å². The van der Waals surface area contributed by atoms with Crippen LogP contribution in [0.5, 0.6) is 0 Å². The molecule has 0 amide bonds. The highest BCUT2D eigenvalue weighted by Gasteiger charge is 2.08. The number of nitrogens with two attached hydrogens (primary N) is 1. The van der Waals surface area contributed by atoms with Crippen LogP contribution in [0.25, 0.3) is 11.1 Å². The van der Waals surface area contributed by atoms with Gasteiger partial charge >= 0.3 is 5.76 Å². The number of aromatic nitrogens is 1. The van der Waals surface area contributed by atoms with Crippen LogP contribution >= 0.6 is 11.8 Å². The predicted octanol–water partition coefficient (Wildman–Crippen LogP) is 1.42. The van der Waals surface area contributed by atoms with Gasteiger partial charge in [-0.15, -0.1) is 11.8 Å². The lowest BCUT2D eigenvalue weighted by atomic mass is 10.2. The first-order valence-electron chi connectivity index (χ1n) is 5.26. The molecule has 0 fully saturated rings. The summed E-state index contributed by atoms with van der Waals surface area (Å²) < 4.78 is 4.91. The number of aliphatic hydroxyl groups is 1. The van der Waals surface area contributed by atoms with Gasteiger partial charge in [0.15, 0.2) is 5.58 Å². The summed E-state index contributed by atoms with van der Waals surface area (Å²) in [6.45, 7) is 2.11. The Morgan fingerprint density at radius 2 is 2.35 bits per heavy atom. The highest BCUT2D eigenvalue weighted by molar-refractivity contribution is 7.99. The Kier molecular flexibility index (Phi) is 3.44. The maximum atomic E-state index is 11.0. The molecule has 92 valence electrons. The van der Waals surface area contributed by atoms with Crippen LogP contribution in [0, 0.1) is 5.92 Å². The molecule has 2 rings (SSSR count). The third-order valence-corrected chi connectivity index (χ3v) is 3.79. The van der Waals surface area contributed by atoms with Gasteiger partial charge in [-0.05, 0) is 12.0 Å². The lowest BCUT2D eigenvalue weighted by Crippen LogP contribution is -2.03. The molecule has 6 heteroatoms. The Hall–Kier alpha value is -1.40. The Morgan fingerprint density at radius 3 is 3.06 bits per heavy atom. The molecule has 0 aliphatic heterocycles. The normalized spacial score (nSPS) is 13.1. The average molecular weight is 254 g/mol. The third-order valence-electron chi connectivity index (χ3n) is 2.39. The largest absolute Gasteiger partial charge is 0.417 e. The first-order valence-corrected chi connectivity index (χ1v) is 6.24. The van der Waals surface area contributed by atoms with Crippen molar-refractivity contribution in [2.75, 3.05) is 18.1 Å². The monoisotopic (exact) mass is 254 g/mol. The average Bonchev–Trinajstić information content (AvgIpc) is 2.64. The molecular weight excluding hydrogens is 240 g/mol. The number of nitrogen functional groups attached to an aromatic ring is 1. The quantitative estimate of drug-likeness (QED) is 0.567. The fourth-order valence-electron chi connectivity index (χ4n) is 1.40. The van der Waals surface area contributed by atoms with E-state index in [0.29, 0.717) is 16.8 Å². The van der Waals surface area contributed by atoms with E-state index in [1.54, 1.807) is 23.9 Å². The van der Waals surface area contributed by atoms with Crippen molar-refractivity contribution in [1.82, 2.24) is 4.98 Å². The maximum absolute atomic E-state index is 11.0. The number of anilines is 1. The molecule has 1 aromatic heterocycles. The van der Waals surface area contributed by atoms with E-state index in [2.05, 4.69) is 4.98 Å². The molecule has 1 aromatic carbocycles. The molecule has 0 aliphatic rings. The summed E-state index contributed by atoms with van der Waals surface area (Å²) in [5.74, 6) is 0.498. The number of hydrogen-bond acceptors (Lipinski definition) is 5. The number of thioether (sulfide) groups is 1. The van der Waals surface area contributed by atoms with Crippen molar-refractivity contribution < 1.29 is 9.52 Å². The van der Waals surface area contributed by atoms with E-state index in [4.69, 9.17) is 15.3 Å². The van der Waals surface area contributed by atoms with E-state index in [9.17, 15) is 4.79 Å². The zero-order chi connectivity index (χ0) is 12.4. The summed E-state index contributed by atoms with van der Waals surface area (Å²) in [7, 11) is 0. The summed E-state index contributed by atoms with van der Waals surface area (Å²) in [5, 5.41) is 8.95. The van der Waals surface area contributed by atoms with Crippen molar-refractivity contribution in [2.24, 2.45) is 5.92 Å². The van der Waals surface area contributed by atoms with Crippen LogP contribution in [-0.2, 0) is 0 Å². The number of nitrogens with one attached hydrogen (secondary N) is 1. The van der Waals surface area contributed by atoms with Crippen molar-refractivity contribution in [1.29, 1.82) is 0 Å². The summed E-state index contributed by atoms with van der Waals surface area (Å²) in [5.41, 5.74) is 7.55. The molecule has 1 unspecified atom stereocenters. The summed E-state index contributed by atoms with van der Waals surface area (Å²) in [6.07, 6.45) is 0. The molecule has 0 spiro atoms. The van der Waals surface area contributed by atoms with Crippen LogP contribution in [0.15, 0.2) is 26.2 Å². The van der Waals surface area contributed by atoms with E-state index in [1.807, 2.05) is 6.92 Å². The number of benzene rings is 1. The lowest BCUT2D eigenvalue weighted by molar-refractivity contribution is 0.250. The number of oxazole rings is 1. The molecule has 4 N–H and O–H groups in total. The number of aromatic amines is 1. The molecule has 0 radical (unpaired) electrons. The fourth-order valence-corrected chi connectivity index (χ4v) is 2.40. The van der Waals surface area contributed by atoms with Gasteiger partial charge in [0.2, 0.25) is 0 Å². The van der Waals surface area contributed by atoms with E-state index in [-0.39, 0.29) is 12.5 Å².